The number of hydrogen-bond donors (Lipinski definition) is 1. The van der Waals surface area contributed by atoms with E-state index >= 15 is 0 Å². The standard InChI is InChI=1S/C20H25ClN2O3/c21-16-3-1-2-13(10-16)12-22-6-8-23(9-7-22)19(24)17-14-4-5-15(11-14)18(17)20(25)26/h1-3,10,14-15,17-18H,4-9,11-12H2,(H,25,26)/t14-,15-,17+,18-/m0/s1. The molecule has 0 radical (unpaired) electrons. The van der Waals surface area contributed by atoms with Gasteiger partial charge in [-0.2, -0.15) is 0 Å². The minimum Gasteiger partial charge on any atom is -0.481 e. The minimum atomic E-state index is -0.782. The van der Waals surface area contributed by atoms with Crippen LogP contribution in [-0.2, 0) is 16.1 Å². The van der Waals surface area contributed by atoms with Gasteiger partial charge in [-0.15, -0.1) is 0 Å². The number of carbonyl (C=O) groups excluding carboxylic acids is 1. The van der Waals surface area contributed by atoms with Crippen molar-refractivity contribution in [2.45, 2.75) is 25.8 Å². The Kier molecular flexibility index (Phi) is 4.93. The van der Waals surface area contributed by atoms with E-state index in [4.69, 9.17) is 11.6 Å². The lowest BCUT2D eigenvalue weighted by molar-refractivity contribution is -0.153. The summed E-state index contributed by atoms with van der Waals surface area (Å²) in [6.07, 6.45) is 2.90. The smallest absolute Gasteiger partial charge is 0.307 e. The highest BCUT2D eigenvalue weighted by Gasteiger charge is 2.54. The number of carboxylic acid groups (broad SMARTS) is 1. The van der Waals surface area contributed by atoms with Crippen LogP contribution in [0.1, 0.15) is 24.8 Å². The number of fused-ring (bicyclic) bond motifs is 2. The van der Waals surface area contributed by atoms with Gasteiger partial charge >= 0.3 is 5.97 Å². The first-order valence-electron chi connectivity index (χ1n) is 9.51. The SMILES string of the molecule is O=C(O)[C@H]1[C@H]2CC[C@@H](C2)[C@H]1C(=O)N1CCN(Cc2cccc(Cl)c2)CC1. The van der Waals surface area contributed by atoms with Crippen LogP contribution in [0.25, 0.3) is 0 Å². The first-order chi connectivity index (χ1) is 12.5. The van der Waals surface area contributed by atoms with E-state index in [-0.39, 0.29) is 23.7 Å². The number of amides is 1. The van der Waals surface area contributed by atoms with Crippen LogP contribution < -0.4 is 0 Å². The molecule has 2 bridgehead atoms. The molecule has 26 heavy (non-hydrogen) atoms. The van der Waals surface area contributed by atoms with Crippen LogP contribution in [0.15, 0.2) is 24.3 Å². The molecular formula is C20H25ClN2O3. The zero-order chi connectivity index (χ0) is 18.3. The molecule has 0 aromatic heterocycles. The lowest BCUT2D eigenvalue weighted by Crippen LogP contribution is -2.52. The minimum absolute atomic E-state index is 0.0759. The number of hydrogen-bond acceptors (Lipinski definition) is 3. The molecule has 2 saturated carbocycles. The van der Waals surface area contributed by atoms with Crippen LogP contribution in [0.5, 0.6) is 0 Å². The molecule has 0 spiro atoms. The molecule has 2 aliphatic carbocycles. The van der Waals surface area contributed by atoms with Gasteiger partial charge in [0.05, 0.1) is 11.8 Å². The molecule has 1 aromatic rings. The van der Waals surface area contributed by atoms with Crippen molar-refractivity contribution in [3.05, 3.63) is 34.9 Å². The van der Waals surface area contributed by atoms with Crippen molar-refractivity contribution in [1.82, 2.24) is 9.80 Å². The zero-order valence-corrected chi connectivity index (χ0v) is 15.6. The number of piperazine rings is 1. The van der Waals surface area contributed by atoms with E-state index in [1.54, 1.807) is 0 Å². The molecule has 4 atom stereocenters. The number of carboxylic acids is 1. The number of carbonyl (C=O) groups is 2. The average Bonchev–Trinajstić information content (AvgIpc) is 3.23. The molecule has 1 aliphatic heterocycles. The Labute approximate surface area is 158 Å². The predicted molar refractivity (Wildman–Crippen MR) is 98.8 cm³/mol. The van der Waals surface area contributed by atoms with Crippen molar-refractivity contribution in [2.75, 3.05) is 26.2 Å². The molecule has 6 heteroatoms. The predicted octanol–water partition coefficient (Wildman–Crippen LogP) is 2.73. The van der Waals surface area contributed by atoms with Crippen molar-refractivity contribution in [3.63, 3.8) is 0 Å². The molecule has 140 valence electrons. The summed E-state index contributed by atoms with van der Waals surface area (Å²) in [5, 5.41) is 10.3. The van der Waals surface area contributed by atoms with Gasteiger partial charge in [-0.05, 0) is 48.8 Å². The highest BCUT2D eigenvalue weighted by molar-refractivity contribution is 6.30. The summed E-state index contributed by atoms with van der Waals surface area (Å²) in [7, 11) is 0. The van der Waals surface area contributed by atoms with Gasteiger partial charge in [0.2, 0.25) is 5.91 Å². The van der Waals surface area contributed by atoms with E-state index in [1.165, 1.54) is 5.56 Å². The molecule has 1 heterocycles. The van der Waals surface area contributed by atoms with Crippen molar-refractivity contribution >= 4 is 23.5 Å². The Morgan fingerprint density at radius 2 is 1.77 bits per heavy atom. The van der Waals surface area contributed by atoms with E-state index in [0.717, 1.165) is 43.9 Å². The van der Waals surface area contributed by atoms with Crippen LogP contribution in [0.3, 0.4) is 0 Å². The molecule has 1 aromatic carbocycles. The van der Waals surface area contributed by atoms with Crippen LogP contribution in [0.2, 0.25) is 5.02 Å². The number of halogens is 1. The molecule has 4 rings (SSSR count). The van der Waals surface area contributed by atoms with Crippen LogP contribution in [-0.4, -0.2) is 53.0 Å². The van der Waals surface area contributed by atoms with Gasteiger partial charge in [0, 0.05) is 37.7 Å². The third-order valence-electron chi connectivity index (χ3n) is 6.47. The average molecular weight is 377 g/mol. The third kappa shape index (κ3) is 3.35. The lowest BCUT2D eigenvalue weighted by atomic mass is 9.78. The van der Waals surface area contributed by atoms with Gasteiger partial charge in [-0.1, -0.05) is 23.7 Å². The van der Waals surface area contributed by atoms with E-state index in [2.05, 4.69) is 11.0 Å². The zero-order valence-electron chi connectivity index (χ0n) is 14.8. The summed E-state index contributed by atoms with van der Waals surface area (Å²) < 4.78 is 0. The first kappa shape index (κ1) is 17.8. The molecule has 3 aliphatic rings. The number of rotatable bonds is 4. The Hall–Kier alpha value is -1.59. The Bertz CT molecular complexity index is 702. The largest absolute Gasteiger partial charge is 0.481 e. The van der Waals surface area contributed by atoms with Crippen LogP contribution in [0.4, 0.5) is 0 Å². The molecule has 1 saturated heterocycles. The van der Waals surface area contributed by atoms with Crippen molar-refractivity contribution in [3.8, 4) is 0 Å². The summed E-state index contributed by atoms with van der Waals surface area (Å²) >= 11 is 6.05. The highest BCUT2D eigenvalue weighted by atomic mass is 35.5. The fraction of sp³-hybridized carbons (Fsp3) is 0.600. The normalized spacial score (nSPS) is 31.3. The Morgan fingerprint density at radius 1 is 1.08 bits per heavy atom. The van der Waals surface area contributed by atoms with E-state index in [1.807, 2.05) is 23.1 Å². The second-order valence-corrected chi connectivity index (χ2v) is 8.39. The summed E-state index contributed by atoms with van der Waals surface area (Å²) in [6.45, 7) is 3.82. The monoisotopic (exact) mass is 376 g/mol. The number of benzene rings is 1. The number of aliphatic carboxylic acids is 1. The van der Waals surface area contributed by atoms with Crippen molar-refractivity contribution in [2.24, 2.45) is 23.7 Å². The van der Waals surface area contributed by atoms with Gasteiger partial charge in [0.15, 0.2) is 0 Å². The number of nitrogens with zero attached hydrogens (tertiary/aromatic N) is 2. The van der Waals surface area contributed by atoms with Crippen LogP contribution in [0, 0.1) is 23.7 Å². The topological polar surface area (TPSA) is 60.9 Å². The maximum Gasteiger partial charge on any atom is 0.307 e. The highest BCUT2D eigenvalue weighted by Crippen LogP contribution is 2.53. The second kappa shape index (κ2) is 7.20. The van der Waals surface area contributed by atoms with Gasteiger partial charge < -0.3 is 10.0 Å². The molecule has 0 unspecified atom stereocenters. The van der Waals surface area contributed by atoms with E-state index in [9.17, 15) is 14.7 Å². The first-order valence-corrected chi connectivity index (χ1v) is 9.89. The van der Waals surface area contributed by atoms with Gasteiger partial charge in [-0.25, -0.2) is 0 Å². The fourth-order valence-corrected chi connectivity index (χ4v) is 5.45. The maximum atomic E-state index is 13.0. The summed E-state index contributed by atoms with van der Waals surface area (Å²) in [4.78, 5) is 28.9. The van der Waals surface area contributed by atoms with Gasteiger partial charge in [-0.3, -0.25) is 14.5 Å². The van der Waals surface area contributed by atoms with Gasteiger partial charge in [0.25, 0.3) is 0 Å². The van der Waals surface area contributed by atoms with Crippen LogP contribution >= 0.6 is 11.6 Å². The quantitative estimate of drug-likeness (QED) is 0.877. The Balaban J connectivity index is 1.36. The second-order valence-electron chi connectivity index (χ2n) is 7.95. The molecule has 1 N–H and O–H groups in total. The van der Waals surface area contributed by atoms with E-state index in [0.29, 0.717) is 13.1 Å². The van der Waals surface area contributed by atoms with Crippen molar-refractivity contribution in [1.29, 1.82) is 0 Å². The molecular weight excluding hydrogens is 352 g/mol. The maximum absolute atomic E-state index is 13.0. The molecule has 1 amide bonds. The lowest BCUT2D eigenvalue weighted by Gasteiger charge is -2.38. The summed E-state index contributed by atoms with van der Waals surface area (Å²) in [6, 6.07) is 7.87. The van der Waals surface area contributed by atoms with Gasteiger partial charge in [0.1, 0.15) is 0 Å². The molecule has 3 fully saturated rings. The summed E-state index contributed by atoms with van der Waals surface area (Å²) in [5.41, 5.74) is 1.18. The van der Waals surface area contributed by atoms with Crippen molar-refractivity contribution < 1.29 is 14.7 Å². The third-order valence-corrected chi connectivity index (χ3v) is 6.70. The Morgan fingerprint density at radius 3 is 2.42 bits per heavy atom. The molecule has 5 nitrogen and oxygen atoms in total. The summed E-state index contributed by atoms with van der Waals surface area (Å²) in [5.74, 6) is -0.993. The van der Waals surface area contributed by atoms with E-state index < -0.39 is 11.9 Å². The fourth-order valence-electron chi connectivity index (χ4n) is 5.23.